The van der Waals surface area contributed by atoms with Gasteiger partial charge in [0.2, 0.25) is 0 Å². The van der Waals surface area contributed by atoms with Crippen LogP contribution in [0.15, 0.2) is 42.0 Å². The number of rotatable bonds is 4. The van der Waals surface area contributed by atoms with Crippen LogP contribution in [0.2, 0.25) is 10.0 Å². The Kier molecular flexibility index (Phi) is 6.42. The molecule has 0 aliphatic carbocycles. The van der Waals surface area contributed by atoms with E-state index in [1.54, 1.807) is 6.07 Å². The Morgan fingerprint density at radius 1 is 1.11 bits per heavy atom. The summed E-state index contributed by atoms with van der Waals surface area (Å²) in [7, 11) is 1.53. The van der Waals surface area contributed by atoms with E-state index in [4.69, 9.17) is 27.9 Å². The fraction of sp³-hybridized carbons (Fsp3) is 0.269. The Morgan fingerprint density at radius 2 is 1.83 bits per heavy atom. The van der Waals surface area contributed by atoms with Crippen LogP contribution >= 0.6 is 23.2 Å². The minimum atomic E-state index is -0.904. The minimum absolute atomic E-state index is 0.0285. The number of methoxy groups -OCH3 is 1. The van der Waals surface area contributed by atoms with Crippen molar-refractivity contribution in [3.05, 3.63) is 63.2 Å². The largest absolute Gasteiger partial charge is 0.496 e. The zero-order valence-electron chi connectivity index (χ0n) is 20.0. The number of barbiturate groups is 1. The lowest BCUT2D eigenvalue weighted by Crippen LogP contribution is -2.54. The minimum Gasteiger partial charge on any atom is -0.496 e. The van der Waals surface area contributed by atoms with E-state index in [0.29, 0.717) is 11.3 Å². The first-order chi connectivity index (χ1) is 16.5. The van der Waals surface area contributed by atoms with Crippen LogP contribution in [-0.4, -0.2) is 37.0 Å². The zero-order chi connectivity index (χ0) is 25.7. The molecule has 2 aliphatic rings. The molecule has 4 rings (SSSR count). The van der Waals surface area contributed by atoms with Gasteiger partial charge in [-0.05, 0) is 57.5 Å². The number of urea groups is 1. The SMILES string of the molecule is CCN1c2cc(OC)c(/C=C3/C(=O)NC(=O)N(c4cccc(Cl)c4Cl)C3=O)cc2C(C)=CC1(C)C. The fourth-order valence-electron chi connectivity index (χ4n) is 4.69. The second-order valence-electron chi connectivity index (χ2n) is 8.87. The number of ether oxygens (including phenoxy) is 1. The number of likely N-dealkylation sites (N-methyl/N-ethyl adjacent to an activating group) is 1. The second-order valence-corrected chi connectivity index (χ2v) is 9.65. The van der Waals surface area contributed by atoms with Crippen molar-refractivity contribution in [1.29, 1.82) is 0 Å². The van der Waals surface area contributed by atoms with Crippen LogP contribution in [0.4, 0.5) is 16.2 Å². The molecule has 35 heavy (non-hydrogen) atoms. The number of nitrogens with one attached hydrogen (secondary N) is 1. The predicted molar refractivity (Wildman–Crippen MR) is 139 cm³/mol. The molecule has 0 radical (unpaired) electrons. The van der Waals surface area contributed by atoms with E-state index >= 15 is 0 Å². The highest BCUT2D eigenvalue weighted by Gasteiger charge is 2.38. The number of anilines is 2. The number of allylic oxidation sites excluding steroid dienone is 1. The molecular formula is C26H25Cl2N3O4. The van der Waals surface area contributed by atoms with Gasteiger partial charge in [-0.2, -0.15) is 0 Å². The number of carbonyl (C=O) groups excluding carboxylic acids is 3. The van der Waals surface area contributed by atoms with Gasteiger partial charge >= 0.3 is 6.03 Å². The number of hydrogen-bond donors (Lipinski definition) is 1. The summed E-state index contributed by atoms with van der Waals surface area (Å²) in [5, 5.41) is 2.41. The van der Waals surface area contributed by atoms with Crippen molar-refractivity contribution in [2.24, 2.45) is 0 Å². The lowest BCUT2D eigenvalue weighted by atomic mass is 9.87. The van der Waals surface area contributed by atoms with Crippen molar-refractivity contribution in [3.63, 3.8) is 0 Å². The second kappa shape index (κ2) is 9.06. The molecule has 4 amide bonds. The van der Waals surface area contributed by atoms with Gasteiger partial charge in [0.25, 0.3) is 11.8 Å². The van der Waals surface area contributed by atoms with Crippen LogP contribution < -0.4 is 19.9 Å². The average Bonchev–Trinajstić information content (AvgIpc) is 2.78. The van der Waals surface area contributed by atoms with Gasteiger partial charge in [-0.15, -0.1) is 0 Å². The third kappa shape index (κ3) is 4.19. The highest BCUT2D eigenvalue weighted by Crippen LogP contribution is 2.43. The van der Waals surface area contributed by atoms with E-state index in [0.717, 1.165) is 28.3 Å². The molecule has 182 valence electrons. The Bertz CT molecular complexity index is 1330. The van der Waals surface area contributed by atoms with Crippen LogP contribution in [0.5, 0.6) is 5.75 Å². The number of nitrogens with zero attached hydrogens (tertiary/aromatic N) is 2. The number of hydrogen-bond acceptors (Lipinski definition) is 5. The Hall–Kier alpha value is -3.29. The lowest BCUT2D eigenvalue weighted by Gasteiger charge is -2.43. The lowest BCUT2D eigenvalue weighted by molar-refractivity contribution is -0.122. The van der Waals surface area contributed by atoms with Gasteiger partial charge < -0.3 is 9.64 Å². The fourth-order valence-corrected chi connectivity index (χ4v) is 5.07. The summed E-state index contributed by atoms with van der Waals surface area (Å²) in [5.41, 5.74) is 3.22. The predicted octanol–water partition coefficient (Wildman–Crippen LogP) is 5.69. The van der Waals surface area contributed by atoms with Gasteiger partial charge in [0, 0.05) is 29.4 Å². The molecule has 0 bridgehead atoms. The van der Waals surface area contributed by atoms with Crippen molar-refractivity contribution in [3.8, 4) is 5.75 Å². The maximum absolute atomic E-state index is 13.4. The number of imide groups is 2. The average molecular weight is 514 g/mol. The standard InChI is InChI=1S/C26H25Cl2N3O4/c1-6-30-20-12-21(35-5)15(10-16(20)14(2)13-26(30,3)4)11-17-23(32)29-25(34)31(24(17)33)19-9-7-8-18(27)22(19)28/h7-13H,6H2,1-5H3,(H,29,32,34)/b17-11-. The van der Waals surface area contributed by atoms with E-state index in [2.05, 4.69) is 37.1 Å². The van der Waals surface area contributed by atoms with Crippen LogP contribution in [-0.2, 0) is 9.59 Å². The zero-order valence-corrected chi connectivity index (χ0v) is 21.5. The van der Waals surface area contributed by atoms with Gasteiger partial charge in [-0.1, -0.05) is 35.3 Å². The quantitative estimate of drug-likeness (QED) is 0.419. The maximum atomic E-state index is 13.4. The first-order valence-corrected chi connectivity index (χ1v) is 11.8. The molecule has 0 aromatic heterocycles. The van der Waals surface area contributed by atoms with Crippen molar-refractivity contribution >= 4 is 64.1 Å². The first-order valence-electron chi connectivity index (χ1n) is 11.0. The van der Waals surface area contributed by atoms with E-state index in [-0.39, 0.29) is 26.8 Å². The summed E-state index contributed by atoms with van der Waals surface area (Å²) in [6.45, 7) is 9.18. The molecule has 1 N–H and O–H groups in total. The Balaban J connectivity index is 1.85. The third-order valence-corrected chi connectivity index (χ3v) is 7.03. The molecule has 0 spiro atoms. The molecule has 2 aliphatic heterocycles. The highest BCUT2D eigenvalue weighted by molar-refractivity contribution is 6.46. The van der Waals surface area contributed by atoms with E-state index in [1.807, 2.05) is 19.1 Å². The normalized spacial score (nSPS) is 18.4. The van der Waals surface area contributed by atoms with Crippen LogP contribution in [0.1, 0.15) is 38.8 Å². The monoisotopic (exact) mass is 513 g/mol. The van der Waals surface area contributed by atoms with E-state index in [1.165, 1.54) is 25.3 Å². The Labute approximate surface area is 213 Å². The summed E-state index contributed by atoms with van der Waals surface area (Å²) < 4.78 is 5.63. The summed E-state index contributed by atoms with van der Waals surface area (Å²) in [6.07, 6.45) is 3.61. The van der Waals surface area contributed by atoms with Crippen LogP contribution in [0.3, 0.4) is 0 Å². The van der Waals surface area contributed by atoms with Crippen molar-refractivity contribution in [1.82, 2.24) is 5.32 Å². The van der Waals surface area contributed by atoms with Gasteiger partial charge in [-0.25, -0.2) is 9.69 Å². The number of benzene rings is 2. The molecule has 2 heterocycles. The topological polar surface area (TPSA) is 79.0 Å². The smallest absolute Gasteiger partial charge is 0.336 e. The molecule has 0 atom stereocenters. The highest BCUT2D eigenvalue weighted by atomic mass is 35.5. The first kappa shape index (κ1) is 24.8. The van der Waals surface area contributed by atoms with Gasteiger partial charge in [0.15, 0.2) is 0 Å². The van der Waals surface area contributed by atoms with Crippen LogP contribution in [0, 0.1) is 0 Å². The summed E-state index contributed by atoms with van der Waals surface area (Å²) >= 11 is 12.3. The van der Waals surface area contributed by atoms with Crippen molar-refractivity contribution in [2.45, 2.75) is 33.2 Å². The molecular weight excluding hydrogens is 489 g/mol. The molecule has 2 aromatic carbocycles. The number of carbonyl (C=O) groups is 3. The van der Waals surface area contributed by atoms with E-state index in [9.17, 15) is 14.4 Å². The molecule has 0 saturated carbocycles. The van der Waals surface area contributed by atoms with Gasteiger partial charge in [-0.3, -0.25) is 14.9 Å². The summed E-state index contributed by atoms with van der Waals surface area (Å²) in [5.74, 6) is -1.13. The molecule has 2 aromatic rings. The number of amides is 4. The van der Waals surface area contributed by atoms with Crippen LogP contribution in [0.25, 0.3) is 11.6 Å². The van der Waals surface area contributed by atoms with E-state index < -0.39 is 17.8 Å². The molecule has 9 heteroatoms. The molecule has 1 saturated heterocycles. The third-order valence-electron chi connectivity index (χ3n) is 6.22. The van der Waals surface area contributed by atoms with Crippen molar-refractivity contribution in [2.75, 3.05) is 23.5 Å². The van der Waals surface area contributed by atoms with Gasteiger partial charge in [0.1, 0.15) is 11.3 Å². The van der Waals surface area contributed by atoms with Gasteiger partial charge in [0.05, 0.1) is 28.4 Å². The molecule has 0 unspecified atom stereocenters. The molecule has 1 fully saturated rings. The Morgan fingerprint density at radius 3 is 2.49 bits per heavy atom. The number of halogens is 2. The van der Waals surface area contributed by atoms with Crippen molar-refractivity contribution < 1.29 is 19.1 Å². The molecule has 7 nitrogen and oxygen atoms in total. The number of fused-ring (bicyclic) bond motifs is 1. The summed E-state index contributed by atoms with van der Waals surface area (Å²) in [4.78, 5) is 41.7. The summed E-state index contributed by atoms with van der Waals surface area (Å²) in [6, 6.07) is 7.47. The maximum Gasteiger partial charge on any atom is 0.336 e.